The molecule has 154 valence electrons. The van der Waals surface area contributed by atoms with Gasteiger partial charge in [0.15, 0.2) is 0 Å². The average molecular weight is 395 g/mol. The Labute approximate surface area is 172 Å². The van der Waals surface area contributed by atoms with Crippen LogP contribution in [0.5, 0.6) is 0 Å². The summed E-state index contributed by atoms with van der Waals surface area (Å²) in [5.74, 6) is -0.0943. The second-order valence-electron chi connectivity index (χ2n) is 7.88. The molecule has 0 radical (unpaired) electrons. The molecule has 0 bridgehead atoms. The van der Waals surface area contributed by atoms with Crippen molar-refractivity contribution in [2.24, 2.45) is 0 Å². The van der Waals surface area contributed by atoms with Gasteiger partial charge in [0.05, 0.1) is 5.56 Å². The van der Waals surface area contributed by atoms with Crippen LogP contribution in [0.3, 0.4) is 0 Å². The highest BCUT2D eigenvalue weighted by molar-refractivity contribution is 6.04. The molecule has 0 spiro atoms. The molecule has 29 heavy (non-hydrogen) atoms. The van der Waals surface area contributed by atoms with Crippen molar-refractivity contribution in [3.63, 3.8) is 0 Å². The predicted octanol–water partition coefficient (Wildman–Crippen LogP) is 4.77. The van der Waals surface area contributed by atoms with Gasteiger partial charge in [-0.2, -0.15) is 0 Å². The Morgan fingerprint density at radius 2 is 1.52 bits per heavy atom. The molecule has 0 aliphatic heterocycles. The number of carbonyl (C=O) groups is 2. The Morgan fingerprint density at radius 3 is 2.17 bits per heavy atom. The van der Waals surface area contributed by atoms with Crippen LogP contribution in [0.25, 0.3) is 0 Å². The SMILES string of the molecule is Cc1ccc(NC(=O)Nc2ccc(N(C)C)c(C(=O)NC3CCCCC3)c2)cc1. The fourth-order valence-corrected chi connectivity index (χ4v) is 3.63. The quantitative estimate of drug-likeness (QED) is 0.684. The molecule has 1 aliphatic rings. The number of benzene rings is 2. The third kappa shape index (κ3) is 5.73. The molecule has 1 saturated carbocycles. The molecule has 0 atom stereocenters. The number of hydrogen-bond acceptors (Lipinski definition) is 3. The normalized spacial score (nSPS) is 14.2. The number of rotatable bonds is 5. The molecule has 2 aromatic rings. The summed E-state index contributed by atoms with van der Waals surface area (Å²) >= 11 is 0. The van der Waals surface area contributed by atoms with E-state index in [1.807, 2.05) is 56.3 Å². The Morgan fingerprint density at radius 1 is 0.897 bits per heavy atom. The van der Waals surface area contributed by atoms with Gasteiger partial charge in [-0.15, -0.1) is 0 Å². The van der Waals surface area contributed by atoms with Crippen molar-refractivity contribution in [2.75, 3.05) is 29.6 Å². The van der Waals surface area contributed by atoms with Crippen LogP contribution in [0.4, 0.5) is 21.9 Å². The van der Waals surface area contributed by atoms with E-state index < -0.39 is 0 Å². The van der Waals surface area contributed by atoms with E-state index in [1.165, 1.54) is 6.42 Å². The summed E-state index contributed by atoms with van der Waals surface area (Å²) < 4.78 is 0. The smallest absolute Gasteiger partial charge is 0.323 e. The second-order valence-corrected chi connectivity index (χ2v) is 7.88. The van der Waals surface area contributed by atoms with Gasteiger partial charge in [-0.3, -0.25) is 4.79 Å². The summed E-state index contributed by atoms with van der Waals surface area (Å²) in [5.41, 5.74) is 3.81. The zero-order valence-corrected chi connectivity index (χ0v) is 17.4. The molecule has 0 unspecified atom stereocenters. The molecule has 3 rings (SSSR count). The molecule has 3 N–H and O–H groups in total. The first kappa shape index (κ1) is 20.7. The lowest BCUT2D eigenvalue weighted by molar-refractivity contribution is 0.0928. The van der Waals surface area contributed by atoms with Gasteiger partial charge < -0.3 is 20.9 Å². The Kier molecular flexibility index (Phi) is 6.75. The highest BCUT2D eigenvalue weighted by atomic mass is 16.2. The highest BCUT2D eigenvalue weighted by Gasteiger charge is 2.20. The average Bonchev–Trinajstić information content (AvgIpc) is 2.70. The number of nitrogens with zero attached hydrogens (tertiary/aromatic N) is 1. The summed E-state index contributed by atoms with van der Waals surface area (Å²) in [6, 6.07) is 12.9. The summed E-state index contributed by atoms with van der Waals surface area (Å²) in [6.45, 7) is 2.00. The molecule has 0 heterocycles. The van der Waals surface area contributed by atoms with Gasteiger partial charge in [-0.05, 0) is 50.1 Å². The maximum atomic E-state index is 12.9. The Balaban J connectivity index is 1.72. The maximum Gasteiger partial charge on any atom is 0.323 e. The summed E-state index contributed by atoms with van der Waals surface area (Å²) in [7, 11) is 3.81. The summed E-state index contributed by atoms with van der Waals surface area (Å²) in [4.78, 5) is 27.2. The van der Waals surface area contributed by atoms with Crippen LogP contribution in [-0.2, 0) is 0 Å². The van der Waals surface area contributed by atoms with Gasteiger partial charge in [-0.1, -0.05) is 37.0 Å². The standard InChI is InChI=1S/C23H30N4O2/c1-16-9-11-18(12-10-16)25-23(29)26-19-13-14-21(27(2)3)20(15-19)22(28)24-17-7-5-4-6-8-17/h9-15,17H,4-8H2,1-3H3,(H,24,28)(H2,25,26,29). The van der Waals surface area contributed by atoms with E-state index in [0.29, 0.717) is 16.9 Å². The first-order valence-corrected chi connectivity index (χ1v) is 10.2. The maximum absolute atomic E-state index is 12.9. The van der Waals surface area contributed by atoms with Gasteiger partial charge in [-0.25, -0.2) is 4.79 Å². The number of anilines is 3. The molecule has 2 aromatic carbocycles. The van der Waals surface area contributed by atoms with Gasteiger partial charge in [0, 0.05) is 37.2 Å². The Hall–Kier alpha value is -3.02. The zero-order chi connectivity index (χ0) is 20.8. The fraction of sp³-hybridized carbons (Fsp3) is 0.391. The van der Waals surface area contributed by atoms with Crippen LogP contribution < -0.4 is 20.9 Å². The topological polar surface area (TPSA) is 73.5 Å². The van der Waals surface area contributed by atoms with Gasteiger partial charge in [0.2, 0.25) is 0 Å². The number of aryl methyl sites for hydroxylation is 1. The lowest BCUT2D eigenvalue weighted by atomic mass is 9.95. The van der Waals surface area contributed by atoms with E-state index in [0.717, 1.165) is 36.9 Å². The third-order valence-electron chi connectivity index (χ3n) is 5.23. The van der Waals surface area contributed by atoms with E-state index in [9.17, 15) is 9.59 Å². The van der Waals surface area contributed by atoms with Crippen LogP contribution in [0, 0.1) is 6.92 Å². The first-order chi connectivity index (χ1) is 13.9. The van der Waals surface area contributed by atoms with Crippen molar-refractivity contribution in [2.45, 2.75) is 45.1 Å². The largest absolute Gasteiger partial charge is 0.377 e. The molecular formula is C23H30N4O2. The van der Waals surface area contributed by atoms with Crippen LogP contribution in [-0.4, -0.2) is 32.1 Å². The molecular weight excluding hydrogens is 364 g/mol. The summed E-state index contributed by atoms with van der Waals surface area (Å²) in [5, 5.41) is 8.79. The van der Waals surface area contributed by atoms with Crippen LogP contribution in [0.15, 0.2) is 42.5 Å². The van der Waals surface area contributed by atoms with Crippen molar-refractivity contribution >= 4 is 29.0 Å². The van der Waals surface area contributed by atoms with Crippen molar-refractivity contribution in [3.05, 3.63) is 53.6 Å². The Bertz CT molecular complexity index is 856. The summed E-state index contributed by atoms with van der Waals surface area (Å²) in [6.07, 6.45) is 5.61. The van der Waals surface area contributed by atoms with Crippen LogP contribution >= 0.6 is 0 Å². The minimum Gasteiger partial charge on any atom is -0.377 e. The number of nitrogens with one attached hydrogen (secondary N) is 3. The minimum absolute atomic E-state index is 0.0943. The van der Waals surface area contributed by atoms with E-state index in [4.69, 9.17) is 0 Å². The van der Waals surface area contributed by atoms with Gasteiger partial charge in [0.25, 0.3) is 5.91 Å². The minimum atomic E-state index is -0.343. The monoisotopic (exact) mass is 394 g/mol. The number of hydrogen-bond donors (Lipinski definition) is 3. The molecule has 3 amide bonds. The van der Waals surface area contributed by atoms with Gasteiger partial charge in [0.1, 0.15) is 0 Å². The van der Waals surface area contributed by atoms with Crippen molar-refractivity contribution in [3.8, 4) is 0 Å². The van der Waals surface area contributed by atoms with E-state index in [-0.39, 0.29) is 18.0 Å². The van der Waals surface area contributed by atoms with E-state index in [1.54, 1.807) is 12.1 Å². The zero-order valence-electron chi connectivity index (χ0n) is 17.4. The first-order valence-electron chi connectivity index (χ1n) is 10.2. The van der Waals surface area contributed by atoms with Crippen LogP contribution in [0.1, 0.15) is 48.0 Å². The van der Waals surface area contributed by atoms with Crippen molar-refractivity contribution in [1.29, 1.82) is 0 Å². The number of urea groups is 1. The molecule has 6 heteroatoms. The number of amides is 3. The lowest BCUT2D eigenvalue weighted by Gasteiger charge is -2.24. The second kappa shape index (κ2) is 9.45. The fourth-order valence-electron chi connectivity index (χ4n) is 3.63. The molecule has 0 aromatic heterocycles. The van der Waals surface area contributed by atoms with Crippen LogP contribution in [0.2, 0.25) is 0 Å². The van der Waals surface area contributed by atoms with E-state index in [2.05, 4.69) is 16.0 Å². The molecule has 6 nitrogen and oxygen atoms in total. The van der Waals surface area contributed by atoms with Crippen molar-refractivity contribution in [1.82, 2.24) is 5.32 Å². The molecule has 0 saturated heterocycles. The lowest BCUT2D eigenvalue weighted by Crippen LogP contribution is -2.36. The third-order valence-corrected chi connectivity index (χ3v) is 5.23. The number of carbonyl (C=O) groups excluding carboxylic acids is 2. The predicted molar refractivity (Wildman–Crippen MR) is 119 cm³/mol. The van der Waals surface area contributed by atoms with E-state index >= 15 is 0 Å². The molecule has 1 aliphatic carbocycles. The van der Waals surface area contributed by atoms with Gasteiger partial charge >= 0.3 is 6.03 Å². The highest BCUT2D eigenvalue weighted by Crippen LogP contribution is 2.25. The molecule has 1 fully saturated rings. The van der Waals surface area contributed by atoms with Crippen molar-refractivity contribution < 1.29 is 9.59 Å².